The summed E-state index contributed by atoms with van der Waals surface area (Å²) in [4.78, 5) is 37.5. The van der Waals surface area contributed by atoms with Gasteiger partial charge in [0, 0.05) is 58.1 Å². The van der Waals surface area contributed by atoms with Gasteiger partial charge < -0.3 is 9.97 Å². The number of aromatic amines is 2. The van der Waals surface area contributed by atoms with Crippen molar-refractivity contribution in [2.24, 2.45) is 0 Å². The number of halogens is 4. The summed E-state index contributed by atoms with van der Waals surface area (Å²) in [6, 6.07) is 24.3. The predicted octanol–water partition coefficient (Wildman–Crippen LogP) is 9.29. The Labute approximate surface area is 303 Å². The van der Waals surface area contributed by atoms with E-state index >= 15 is 0 Å². The molecule has 8 nitrogen and oxygen atoms in total. The van der Waals surface area contributed by atoms with E-state index in [1.54, 1.807) is 0 Å². The van der Waals surface area contributed by atoms with Crippen LogP contribution in [0.1, 0.15) is 0 Å². The highest BCUT2D eigenvalue weighted by atomic mass is 127. The molecule has 2 aliphatic heterocycles. The molecule has 2 aliphatic rings. The van der Waals surface area contributed by atoms with Crippen molar-refractivity contribution in [3.05, 3.63) is 87.1 Å². The van der Waals surface area contributed by atoms with Crippen molar-refractivity contribution in [2.45, 2.75) is 0 Å². The van der Waals surface area contributed by atoms with Crippen molar-refractivity contribution in [1.82, 2.24) is 39.9 Å². The molecule has 9 rings (SSSR count). The van der Waals surface area contributed by atoms with Crippen LogP contribution in [0.25, 0.3) is 89.7 Å². The average Bonchev–Trinajstić information content (AvgIpc) is 3.78. The first kappa shape index (κ1) is 27.5. The number of benzene rings is 4. The summed E-state index contributed by atoms with van der Waals surface area (Å²) in [5.74, 6) is 2.39. The minimum Gasteiger partial charge on any atom is -0.324 e. The number of hydrogen-bond donors (Lipinski definition) is 2. The molecule has 2 N–H and O–H groups in total. The Bertz CT molecular complexity index is 2400. The first-order chi connectivity index (χ1) is 21.5. The second-order valence-electron chi connectivity index (χ2n) is 10.3. The standard InChI is InChI=1S/C32H14I4N8/c33-21-19-20(22(34)24(36)23(21)35)32-43-30-18-12-6-4-10-16(18)28(41-30)39-26-14-8-2-1-7-13(14)25(37-26)38-27-15-9-3-5-11-17(15)29(40-27)42-31(19)44-32/h1-12H,(H2,37,38,39,40,41,42,43,44). The minimum absolute atomic E-state index is 0.596. The second kappa shape index (κ2) is 10.3. The van der Waals surface area contributed by atoms with Gasteiger partial charge in [0.15, 0.2) is 23.3 Å². The quantitative estimate of drug-likeness (QED) is 0.0892. The lowest BCUT2D eigenvalue weighted by Crippen LogP contribution is -1.92. The summed E-state index contributed by atoms with van der Waals surface area (Å²) in [5.41, 5.74) is 6.47. The van der Waals surface area contributed by atoms with Crippen LogP contribution in [-0.4, -0.2) is 39.9 Å². The van der Waals surface area contributed by atoms with E-state index in [0.29, 0.717) is 45.9 Å². The van der Waals surface area contributed by atoms with E-state index in [-0.39, 0.29) is 0 Å². The number of nitrogens with one attached hydrogen (secondary N) is 2. The van der Waals surface area contributed by atoms with E-state index in [1.807, 2.05) is 72.8 Å². The van der Waals surface area contributed by atoms with E-state index in [1.165, 1.54) is 7.14 Å². The third-order valence-corrected chi connectivity index (χ3v) is 15.2. The zero-order chi connectivity index (χ0) is 29.7. The maximum absolute atomic E-state index is 5.17. The number of H-pyrrole nitrogens is 2. The summed E-state index contributed by atoms with van der Waals surface area (Å²) in [6.45, 7) is 0. The monoisotopic (exact) mass is 1020 g/mol. The van der Waals surface area contributed by atoms with Gasteiger partial charge in [0.25, 0.3) is 0 Å². The number of hydrogen-bond acceptors (Lipinski definition) is 6. The molecule has 5 heterocycles. The molecule has 0 saturated carbocycles. The number of fused-ring (bicyclic) bond motifs is 20. The first-order valence-corrected chi connectivity index (χ1v) is 17.7. The van der Waals surface area contributed by atoms with Crippen molar-refractivity contribution in [1.29, 1.82) is 0 Å². The molecule has 0 unspecified atom stereocenters. The molecular weight excluding hydrogens is 1000 g/mol. The summed E-state index contributed by atoms with van der Waals surface area (Å²) >= 11 is 9.67. The maximum Gasteiger partial charge on any atom is 0.164 e. The lowest BCUT2D eigenvalue weighted by Gasteiger charge is -2.06. The van der Waals surface area contributed by atoms with E-state index in [2.05, 4.69) is 100 Å². The van der Waals surface area contributed by atoms with Crippen molar-refractivity contribution >= 4 is 134 Å². The second-order valence-corrected chi connectivity index (χ2v) is 14.6. The third-order valence-electron chi connectivity index (χ3n) is 7.76. The van der Waals surface area contributed by atoms with Gasteiger partial charge in [0.05, 0.1) is 0 Å². The van der Waals surface area contributed by atoms with Gasteiger partial charge in [0.1, 0.15) is 22.6 Å². The van der Waals surface area contributed by atoms with Crippen molar-refractivity contribution in [2.75, 3.05) is 0 Å². The normalized spacial score (nSPS) is 12.1. The molecule has 44 heavy (non-hydrogen) atoms. The third kappa shape index (κ3) is 4.08. The topological polar surface area (TPSA) is 109 Å². The van der Waals surface area contributed by atoms with Gasteiger partial charge in [-0.1, -0.05) is 72.8 Å². The predicted molar refractivity (Wildman–Crippen MR) is 207 cm³/mol. The minimum atomic E-state index is 0.596. The van der Waals surface area contributed by atoms with Gasteiger partial charge in [-0.15, -0.1) is 0 Å². The van der Waals surface area contributed by atoms with Gasteiger partial charge >= 0.3 is 0 Å². The Morgan fingerprint density at radius 2 is 0.682 bits per heavy atom. The van der Waals surface area contributed by atoms with E-state index in [9.17, 15) is 0 Å². The lowest BCUT2D eigenvalue weighted by molar-refractivity contribution is 1.19. The Kier molecular flexibility index (Phi) is 6.46. The fourth-order valence-corrected chi connectivity index (χ4v) is 9.45. The lowest BCUT2D eigenvalue weighted by atomic mass is 10.1. The van der Waals surface area contributed by atoms with Crippen LogP contribution >= 0.6 is 90.4 Å². The van der Waals surface area contributed by atoms with Crippen LogP contribution in [0.3, 0.4) is 0 Å². The first-order valence-electron chi connectivity index (χ1n) is 13.4. The van der Waals surface area contributed by atoms with Crippen LogP contribution in [-0.2, 0) is 0 Å². The SMILES string of the molecule is Ic1c(I)c(I)c2c3nc4nc(nc5[nH]c(nc6nc(nc([nH]3)c2c1I)-c1ccccc1-6)c1ccccc51)-c1ccccc1-4. The van der Waals surface area contributed by atoms with Crippen LogP contribution in [0.2, 0.25) is 0 Å². The molecule has 3 aromatic heterocycles. The molecular formula is C32H14I4N8. The van der Waals surface area contributed by atoms with E-state index in [4.69, 9.17) is 29.9 Å². The summed E-state index contributed by atoms with van der Waals surface area (Å²) in [7, 11) is 0. The van der Waals surface area contributed by atoms with Gasteiger partial charge in [-0.2, -0.15) is 0 Å². The molecule has 210 valence electrons. The zero-order valence-corrected chi connectivity index (χ0v) is 30.8. The fraction of sp³-hybridized carbons (Fsp3) is 0. The molecule has 4 aromatic carbocycles. The molecule has 0 saturated heterocycles. The molecule has 0 atom stereocenters. The Hall–Kier alpha value is -2.84. The van der Waals surface area contributed by atoms with Gasteiger partial charge in [-0.05, 0) is 90.4 Å². The fourth-order valence-electron chi connectivity index (χ4n) is 5.75. The molecule has 0 fully saturated rings. The molecule has 8 bridgehead atoms. The summed E-state index contributed by atoms with van der Waals surface area (Å²) < 4.78 is 4.58. The van der Waals surface area contributed by atoms with Crippen LogP contribution in [0, 0.1) is 14.3 Å². The zero-order valence-electron chi connectivity index (χ0n) is 22.1. The summed E-state index contributed by atoms with van der Waals surface area (Å²) in [5, 5.41) is 3.92. The highest BCUT2D eigenvalue weighted by Crippen LogP contribution is 2.40. The average molecular weight is 1020 g/mol. The Balaban J connectivity index is 1.54. The maximum atomic E-state index is 5.17. The van der Waals surface area contributed by atoms with Crippen molar-refractivity contribution in [3.63, 3.8) is 0 Å². The van der Waals surface area contributed by atoms with Crippen LogP contribution in [0.15, 0.2) is 72.8 Å². The van der Waals surface area contributed by atoms with Crippen molar-refractivity contribution in [3.8, 4) is 45.6 Å². The molecule has 0 radical (unpaired) electrons. The number of aromatic nitrogens is 8. The van der Waals surface area contributed by atoms with E-state index in [0.717, 1.165) is 50.9 Å². The number of nitrogens with zero attached hydrogens (tertiary/aromatic N) is 6. The molecule has 0 aliphatic carbocycles. The van der Waals surface area contributed by atoms with E-state index < -0.39 is 0 Å². The van der Waals surface area contributed by atoms with Crippen molar-refractivity contribution < 1.29 is 0 Å². The van der Waals surface area contributed by atoms with Crippen LogP contribution in [0.5, 0.6) is 0 Å². The Morgan fingerprint density at radius 1 is 0.364 bits per heavy atom. The molecule has 12 heteroatoms. The molecule has 0 spiro atoms. The smallest absolute Gasteiger partial charge is 0.164 e. The highest BCUT2D eigenvalue weighted by Gasteiger charge is 2.24. The summed E-state index contributed by atoms with van der Waals surface area (Å²) in [6.07, 6.45) is 0. The molecule has 7 aromatic rings. The number of rotatable bonds is 0. The van der Waals surface area contributed by atoms with Gasteiger partial charge in [-0.25, -0.2) is 29.9 Å². The van der Waals surface area contributed by atoms with Crippen LogP contribution < -0.4 is 0 Å². The van der Waals surface area contributed by atoms with Gasteiger partial charge in [-0.3, -0.25) is 0 Å². The Morgan fingerprint density at radius 3 is 1.07 bits per heavy atom. The largest absolute Gasteiger partial charge is 0.324 e. The highest BCUT2D eigenvalue weighted by molar-refractivity contribution is 14.1. The molecule has 0 amide bonds. The van der Waals surface area contributed by atoms with Crippen LogP contribution in [0.4, 0.5) is 0 Å². The van der Waals surface area contributed by atoms with Gasteiger partial charge in [0.2, 0.25) is 0 Å².